The van der Waals surface area contributed by atoms with Crippen molar-refractivity contribution in [1.82, 2.24) is 19.9 Å². The molecule has 7 heteroatoms. The fourth-order valence-electron chi connectivity index (χ4n) is 1.86. The summed E-state index contributed by atoms with van der Waals surface area (Å²) in [6, 6.07) is 2.10. The molecule has 0 bridgehead atoms. The topological polar surface area (TPSA) is 78.5 Å². The molecule has 0 aliphatic heterocycles. The van der Waals surface area contributed by atoms with Gasteiger partial charge in [-0.1, -0.05) is 6.92 Å². The van der Waals surface area contributed by atoms with Gasteiger partial charge in [0.2, 0.25) is 5.95 Å². The lowest BCUT2D eigenvalue weighted by Gasteiger charge is -2.08. The summed E-state index contributed by atoms with van der Waals surface area (Å²) in [4.78, 5) is 16.2. The number of rotatable bonds is 6. The standard InChI is InChI=1S/C13H16N6S/c1-2-4-14-13-18-11(10-12(19-13)17-8-16-10)15-6-9-3-5-20-7-9/h3,5,7-8H,2,4,6H2,1H3,(H3,14,15,16,17,18,19). The number of fused-ring (bicyclic) bond motifs is 1. The number of hydrogen-bond acceptors (Lipinski definition) is 6. The molecule has 3 heterocycles. The average Bonchev–Trinajstić information content (AvgIpc) is 3.13. The molecule has 0 fully saturated rings. The highest BCUT2D eigenvalue weighted by atomic mass is 32.1. The second-order valence-corrected chi connectivity index (χ2v) is 5.19. The van der Waals surface area contributed by atoms with Crippen LogP contribution in [0.5, 0.6) is 0 Å². The minimum atomic E-state index is 0.610. The van der Waals surface area contributed by atoms with E-state index in [0.717, 1.165) is 30.8 Å². The quantitative estimate of drug-likeness (QED) is 0.650. The van der Waals surface area contributed by atoms with Crippen LogP contribution < -0.4 is 10.6 Å². The van der Waals surface area contributed by atoms with Gasteiger partial charge in [0.05, 0.1) is 6.33 Å². The maximum Gasteiger partial charge on any atom is 0.226 e. The van der Waals surface area contributed by atoms with Crippen molar-refractivity contribution < 1.29 is 0 Å². The van der Waals surface area contributed by atoms with Gasteiger partial charge in [-0.15, -0.1) is 0 Å². The molecule has 0 saturated heterocycles. The molecule has 3 rings (SSSR count). The normalized spacial score (nSPS) is 10.8. The Kier molecular flexibility index (Phi) is 3.78. The van der Waals surface area contributed by atoms with E-state index >= 15 is 0 Å². The number of imidazole rings is 1. The fourth-order valence-corrected chi connectivity index (χ4v) is 2.52. The Balaban J connectivity index is 1.85. The van der Waals surface area contributed by atoms with Crippen LogP contribution in [-0.2, 0) is 6.54 Å². The zero-order valence-electron chi connectivity index (χ0n) is 11.2. The van der Waals surface area contributed by atoms with Crippen molar-refractivity contribution in [1.29, 1.82) is 0 Å². The minimum absolute atomic E-state index is 0.610. The molecule has 0 atom stereocenters. The molecule has 0 spiro atoms. The molecule has 0 amide bonds. The van der Waals surface area contributed by atoms with E-state index in [0.29, 0.717) is 11.6 Å². The van der Waals surface area contributed by atoms with E-state index in [1.807, 2.05) is 0 Å². The van der Waals surface area contributed by atoms with Gasteiger partial charge in [0, 0.05) is 13.1 Å². The van der Waals surface area contributed by atoms with Gasteiger partial charge in [-0.25, -0.2) is 4.98 Å². The third kappa shape index (κ3) is 2.72. The highest BCUT2D eigenvalue weighted by molar-refractivity contribution is 7.07. The van der Waals surface area contributed by atoms with Gasteiger partial charge < -0.3 is 15.6 Å². The third-order valence-electron chi connectivity index (χ3n) is 2.86. The molecule has 0 aromatic carbocycles. The van der Waals surface area contributed by atoms with E-state index in [4.69, 9.17) is 0 Å². The maximum atomic E-state index is 4.51. The van der Waals surface area contributed by atoms with Crippen molar-refractivity contribution in [2.75, 3.05) is 17.2 Å². The first-order chi connectivity index (χ1) is 9.86. The molecule has 0 aliphatic carbocycles. The molecule has 0 saturated carbocycles. The predicted molar refractivity (Wildman–Crippen MR) is 82.1 cm³/mol. The van der Waals surface area contributed by atoms with Gasteiger partial charge in [0.1, 0.15) is 5.52 Å². The van der Waals surface area contributed by atoms with Crippen LogP contribution in [0, 0.1) is 0 Å². The van der Waals surface area contributed by atoms with Gasteiger partial charge in [-0.3, -0.25) is 0 Å². The monoisotopic (exact) mass is 288 g/mol. The summed E-state index contributed by atoms with van der Waals surface area (Å²) >= 11 is 1.69. The smallest absolute Gasteiger partial charge is 0.226 e. The Morgan fingerprint density at radius 2 is 2.25 bits per heavy atom. The van der Waals surface area contributed by atoms with Crippen LogP contribution in [0.3, 0.4) is 0 Å². The van der Waals surface area contributed by atoms with E-state index in [1.54, 1.807) is 17.7 Å². The highest BCUT2D eigenvalue weighted by Gasteiger charge is 2.09. The highest BCUT2D eigenvalue weighted by Crippen LogP contribution is 2.19. The van der Waals surface area contributed by atoms with E-state index in [-0.39, 0.29) is 0 Å². The first-order valence-corrected chi connectivity index (χ1v) is 7.51. The molecule has 3 aromatic rings. The van der Waals surface area contributed by atoms with Crippen LogP contribution in [0.1, 0.15) is 18.9 Å². The Morgan fingerprint density at radius 3 is 3.05 bits per heavy atom. The van der Waals surface area contributed by atoms with Crippen LogP contribution in [-0.4, -0.2) is 26.5 Å². The van der Waals surface area contributed by atoms with Crippen LogP contribution in [0.15, 0.2) is 23.2 Å². The molecular formula is C13H16N6S. The average molecular weight is 288 g/mol. The molecule has 104 valence electrons. The van der Waals surface area contributed by atoms with Crippen LogP contribution in [0.25, 0.3) is 11.2 Å². The Hall–Kier alpha value is -2.15. The van der Waals surface area contributed by atoms with Gasteiger partial charge in [-0.2, -0.15) is 21.3 Å². The number of anilines is 2. The second kappa shape index (κ2) is 5.87. The lowest BCUT2D eigenvalue weighted by atomic mass is 10.3. The maximum absolute atomic E-state index is 4.51. The number of aromatic amines is 1. The fraction of sp³-hybridized carbons (Fsp3) is 0.308. The number of nitrogens with one attached hydrogen (secondary N) is 3. The van der Waals surface area contributed by atoms with Crippen LogP contribution >= 0.6 is 11.3 Å². The zero-order valence-corrected chi connectivity index (χ0v) is 12.0. The van der Waals surface area contributed by atoms with Crippen LogP contribution in [0.4, 0.5) is 11.8 Å². The van der Waals surface area contributed by atoms with Gasteiger partial charge in [0.15, 0.2) is 11.5 Å². The number of nitrogens with zero attached hydrogens (tertiary/aromatic N) is 3. The minimum Gasteiger partial charge on any atom is -0.364 e. The summed E-state index contributed by atoms with van der Waals surface area (Å²) in [5, 5.41) is 10.7. The lowest BCUT2D eigenvalue weighted by molar-refractivity contribution is 0.954. The van der Waals surface area contributed by atoms with Crippen molar-refractivity contribution in [3.05, 3.63) is 28.7 Å². The summed E-state index contributed by atoms with van der Waals surface area (Å²) in [7, 11) is 0. The number of hydrogen-bond donors (Lipinski definition) is 3. The lowest BCUT2D eigenvalue weighted by Crippen LogP contribution is -2.08. The van der Waals surface area contributed by atoms with E-state index in [2.05, 4.69) is 54.3 Å². The van der Waals surface area contributed by atoms with Gasteiger partial charge >= 0.3 is 0 Å². The summed E-state index contributed by atoms with van der Waals surface area (Å²) in [5.41, 5.74) is 2.75. The Morgan fingerprint density at radius 1 is 1.30 bits per heavy atom. The van der Waals surface area contributed by atoms with Crippen molar-refractivity contribution in [2.24, 2.45) is 0 Å². The van der Waals surface area contributed by atoms with E-state index in [9.17, 15) is 0 Å². The molecule has 0 radical (unpaired) electrons. The predicted octanol–water partition coefficient (Wildman–Crippen LogP) is 2.85. The SMILES string of the molecule is CCCNc1nc(NCc2ccsc2)c2[nH]cnc2n1. The molecule has 20 heavy (non-hydrogen) atoms. The first kappa shape index (κ1) is 12.9. The molecule has 0 aliphatic rings. The second-order valence-electron chi connectivity index (χ2n) is 4.41. The summed E-state index contributed by atoms with van der Waals surface area (Å²) in [6.45, 7) is 3.69. The molecule has 6 nitrogen and oxygen atoms in total. The van der Waals surface area contributed by atoms with E-state index < -0.39 is 0 Å². The number of aromatic nitrogens is 4. The van der Waals surface area contributed by atoms with Gasteiger partial charge in [-0.05, 0) is 28.8 Å². The molecule has 0 unspecified atom stereocenters. The third-order valence-corrected chi connectivity index (χ3v) is 3.59. The summed E-state index contributed by atoms with van der Waals surface area (Å²) < 4.78 is 0. The van der Waals surface area contributed by atoms with Crippen LogP contribution in [0.2, 0.25) is 0 Å². The van der Waals surface area contributed by atoms with Gasteiger partial charge in [0.25, 0.3) is 0 Å². The Bertz CT molecular complexity index is 675. The Labute approximate surface area is 120 Å². The number of thiophene rings is 1. The van der Waals surface area contributed by atoms with E-state index in [1.165, 1.54) is 5.56 Å². The van der Waals surface area contributed by atoms with Crippen molar-refractivity contribution in [3.8, 4) is 0 Å². The van der Waals surface area contributed by atoms with Crippen molar-refractivity contribution >= 4 is 34.3 Å². The van der Waals surface area contributed by atoms with Crippen molar-refractivity contribution in [3.63, 3.8) is 0 Å². The summed E-state index contributed by atoms with van der Waals surface area (Å²) in [6.07, 6.45) is 2.67. The largest absolute Gasteiger partial charge is 0.364 e. The first-order valence-electron chi connectivity index (χ1n) is 6.56. The summed E-state index contributed by atoms with van der Waals surface area (Å²) in [5.74, 6) is 1.39. The zero-order chi connectivity index (χ0) is 13.8. The molecule has 3 N–H and O–H groups in total. The number of H-pyrrole nitrogens is 1. The van der Waals surface area contributed by atoms with Crippen molar-refractivity contribution in [2.45, 2.75) is 19.9 Å². The molecular weight excluding hydrogens is 272 g/mol. The molecule has 3 aromatic heterocycles.